The Kier molecular flexibility index (Phi) is 7.27. The number of fused-ring (bicyclic) bond motifs is 5. The van der Waals surface area contributed by atoms with Crippen LogP contribution in [0.1, 0.15) is 105 Å². The summed E-state index contributed by atoms with van der Waals surface area (Å²) in [6.07, 6.45) is 15.7. The summed E-state index contributed by atoms with van der Waals surface area (Å²) in [5.74, 6) is 2.84. The molecule has 33 heavy (non-hydrogen) atoms. The van der Waals surface area contributed by atoms with E-state index in [0.717, 1.165) is 37.4 Å². The van der Waals surface area contributed by atoms with Crippen molar-refractivity contribution in [3.63, 3.8) is 0 Å². The molecule has 0 aliphatic heterocycles. The van der Waals surface area contributed by atoms with Gasteiger partial charge >= 0.3 is 0 Å². The van der Waals surface area contributed by atoms with Crippen LogP contribution in [0.4, 0.5) is 0 Å². The first-order valence-electron chi connectivity index (χ1n) is 13.6. The lowest BCUT2D eigenvalue weighted by Gasteiger charge is -2.57. The first-order valence-corrected chi connectivity index (χ1v) is 14.6. The molecule has 188 valence electrons. The number of aliphatic hydroxyl groups is 3. The summed E-state index contributed by atoms with van der Waals surface area (Å²) < 4.78 is 0. The van der Waals surface area contributed by atoms with E-state index in [1.54, 1.807) is 17.3 Å². The third-order valence-corrected chi connectivity index (χ3v) is 11.5. The maximum Gasteiger partial charge on any atom is 0.116 e. The van der Waals surface area contributed by atoms with Gasteiger partial charge < -0.3 is 15.3 Å². The van der Waals surface area contributed by atoms with Crippen molar-refractivity contribution in [3.8, 4) is 0 Å². The fourth-order valence-corrected chi connectivity index (χ4v) is 9.30. The Morgan fingerprint density at radius 3 is 2.52 bits per heavy atom. The summed E-state index contributed by atoms with van der Waals surface area (Å²) in [5.41, 5.74) is 2.49. The molecule has 0 unspecified atom stereocenters. The summed E-state index contributed by atoms with van der Waals surface area (Å²) in [6, 6.07) is 0. The van der Waals surface area contributed by atoms with Crippen LogP contribution >= 0.6 is 11.8 Å². The predicted octanol–water partition coefficient (Wildman–Crippen LogP) is 6.62. The molecule has 0 radical (unpaired) electrons. The molecule has 0 amide bonds. The molecule has 3 nitrogen and oxygen atoms in total. The van der Waals surface area contributed by atoms with Crippen LogP contribution in [-0.4, -0.2) is 37.7 Å². The van der Waals surface area contributed by atoms with Crippen molar-refractivity contribution in [2.24, 2.45) is 28.6 Å². The molecule has 0 saturated heterocycles. The molecule has 4 aliphatic carbocycles. The Bertz CT molecular complexity index is 782. The summed E-state index contributed by atoms with van der Waals surface area (Å²) in [7, 11) is 0. The van der Waals surface area contributed by atoms with Crippen molar-refractivity contribution in [3.05, 3.63) is 23.3 Å². The van der Waals surface area contributed by atoms with E-state index in [0.29, 0.717) is 30.1 Å². The zero-order valence-corrected chi connectivity index (χ0v) is 22.5. The highest BCUT2D eigenvalue weighted by Gasteiger charge is 2.59. The summed E-state index contributed by atoms with van der Waals surface area (Å²) >= 11 is 1.63. The SMILES string of the molecule is CC[C@H]1CC[C@H]2C3=CC=C4C[C@](O)(SCCCCCC(C)(C)O)C[C@H](O)[C@]4(C)[C@H]3CC[C@]12C. The minimum absolute atomic E-state index is 0.227. The first kappa shape index (κ1) is 25.8. The van der Waals surface area contributed by atoms with Gasteiger partial charge in [0.2, 0.25) is 0 Å². The van der Waals surface area contributed by atoms with E-state index in [-0.39, 0.29) is 5.41 Å². The highest BCUT2D eigenvalue weighted by Crippen LogP contribution is 2.66. The maximum atomic E-state index is 11.5. The number of thioether (sulfide) groups is 1. The second kappa shape index (κ2) is 9.30. The van der Waals surface area contributed by atoms with Crippen molar-refractivity contribution < 1.29 is 15.3 Å². The monoisotopic (exact) mass is 476 g/mol. The third-order valence-electron chi connectivity index (χ3n) is 10.2. The van der Waals surface area contributed by atoms with E-state index in [4.69, 9.17) is 0 Å². The number of unbranched alkanes of at least 4 members (excludes halogenated alkanes) is 2. The van der Waals surface area contributed by atoms with Crippen LogP contribution in [0.25, 0.3) is 0 Å². The molecule has 7 atom stereocenters. The van der Waals surface area contributed by atoms with Crippen LogP contribution in [0.15, 0.2) is 23.3 Å². The van der Waals surface area contributed by atoms with Crippen LogP contribution in [0.3, 0.4) is 0 Å². The molecule has 4 rings (SSSR count). The molecule has 3 fully saturated rings. The number of allylic oxidation sites excluding steroid dienone is 3. The van der Waals surface area contributed by atoms with Crippen molar-refractivity contribution in [2.75, 3.05) is 5.75 Å². The fourth-order valence-electron chi connectivity index (χ4n) is 8.04. The van der Waals surface area contributed by atoms with Gasteiger partial charge in [-0.3, -0.25) is 0 Å². The van der Waals surface area contributed by atoms with Gasteiger partial charge in [-0.05, 0) is 81.3 Å². The Morgan fingerprint density at radius 1 is 1.06 bits per heavy atom. The Morgan fingerprint density at radius 2 is 1.82 bits per heavy atom. The second-order valence-electron chi connectivity index (χ2n) is 12.8. The van der Waals surface area contributed by atoms with Crippen LogP contribution < -0.4 is 0 Å². The Balaban J connectivity index is 1.43. The average molecular weight is 477 g/mol. The fraction of sp³-hybridized carbons (Fsp3) is 0.862. The molecule has 0 heterocycles. The first-order chi connectivity index (χ1) is 15.4. The third kappa shape index (κ3) is 4.76. The minimum Gasteiger partial charge on any atom is -0.392 e. The quantitative estimate of drug-likeness (QED) is 0.272. The Hall–Kier alpha value is -0.290. The normalized spacial score (nSPS) is 42.8. The van der Waals surface area contributed by atoms with E-state index < -0.39 is 16.6 Å². The van der Waals surface area contributed by atoms with Crippen molar-refractivity contribution in [1.82, 2.24) is 0 Å². The molecule has 0 spiro atoms. The maximum absolute atomic E-state index is 11.5. The number of aliphatic hydroxyl groups excluding tert-OH is 1. The van der Waals surface area contributed by atoms with Crippen LogP contribution in [0.5, 0.6) is 0 Å². The zero-order valence-electron chi connectivity index (χ0n) is 21.7. The molecule has 3 saturated carbocycles. The average Bonchev–Trinajstić information content (AvgIpc) is 3.07. The smallest absolute Gasteiger partial charge is 0.116 e. The van der Waals surface area contributed by atoms with Gasteiger partial charge in [-0.1, -0.05) is 63.3 Å². The standard InChI is InChI=1S/C29H48O3S/c1-6-20-11-13-23-22-12-10-21-18-29(32,33-17-9-7-8-15-26(2,3)31)19-25(30)28(21,5)24(22)14-16-27(20,23)4/h10,12,20,23-25,30-32H,6-9,11,13-19H2,1-5H3/t20-,23-,24-,25-,27+,28-,29-/m0/s1. The van der Waals surface area contributed by atoms with Gasteiger partial charge in [-0.2, -0.15) is 0 Å². The van der Waals surface area contributed by atoms with Gasteiger partial charge in [0.1, 0.15) is 4.93 Å². The van der Waals surface area contributed by atoms with E-state index in [9.17, 15) is 15.3 Å². The lowest BCUT2D eigenvalue weighted by Crippen LogP contribution is -2.54. The van der Waals surface area contributed by atoms with Crippen LogP contribution in [-0.2, 0) is 0 Å². The number of rotatable bonds is 8. The van der Waals surface area contributed by atoms with Gasteiger partial charge in [0.25, 0.3) is 0 Å². The van der Waals surface area contributed by atoms with Crippen LogP contribution in [0, 0.1) is 28.6 Å². The predicted molar refractivity (Wildman–Crippen MR) is 139 cm³/mol. The largest absolute Gasteiger partial charge is 0.392 e. The van der Waals surface area contributed by atoms with E-state index in [1.165, 1.54) is 37.7 Å². The van der Waals surface area contributed by atoms with Crippen LogP contribution in [0.2, 0.25) is 0 Å². The minimum atomic E-state index is -0.865. The summed E-state index contributed by atoms with van der Waals surface area (Å²) in [6.45, 7) is 10.9. The molecule has 0 aromatic rings. The number of hydrogen-bond donors (Lipinski definition) is 3. The molecule has 0 bridgehead atoms. The van der Waals surface area contributed by atoms with Gasteiger partial charge in [-0.25, -0.2) is 0 Å². The van der Waals surface area contributed by atoms with Gasteiger partial charge in [-0.15, -0.1) is 11.8 Å². The van der Waals surface area contributed by atoms with Gasteiger partial charge in [0.05, 0.1) is 11.7 Å². The molecular formula is C29H48O3S. The molecule has 3 N–H and O–H groups in total. The lowest BCUT2D eigenvalue weighted by atomic mass is 9.49. The zero-order chi connectivity index (χ0) is 24.1. The molecule has 0 aromatic carbocycles. The van der Waals surface area contributed by atoms with E-state index >= 15 is 0 Å². The van der Waals surface area contributed by atoms with Crippen molar-refractivity contribution in [2.45, 2.75) is 122 Å². The second-order valence-corrected chi connectivity index (χ2v) is 14.2. The van der Waals surface area contributed by atoms with Crippen molar-refractivity contribution in [1.29, 1.82) is 0 Å². The lowest BCUT2D eigenvalue weighted by molar-refractivity contribution is -0.0628. The molecule has 0 aromatic heterocycles. The number of hydrogen-bond acceptors (Lipinski definition) is 4. The van der Waals surface area contributed by atoms with E-state index in [2.05, 4.69) is 32.9 Å². The molecule has 4 aliphatic rings. The van der Waals surface area contributed by atoms with Gasteiger partial charge in [0, 0.05) is 18.3 Å². The molecular weight excluding hydrogens is 428 g/mol. The Labute approximate surface area is 206 Å². The summed E-state index contributed by atoms with van der Waals surface area (Å²) in [5, 5.41) is 32.8. The van der Waals surface area contributed by atoms with Crippen molar-refractivity contribution >= 4 is 11.8 Å². The highest BCUT2D eigenvalue weighted by molar-refractivity contribution is 8.00. The topological polar surface area (TPSA) is 60.7 Å². The molecule has 4 heteroatoms. The summed E-state index contributed by atoms with van der Waals surface area (Å²) in [4.78, 5) is -0.865. The highest BCUT2D eigenvalue weighted by atomic mass is 32.2. The van der Waals surface area contributed by atoms with Gasteiger partial charge in [0.15, 0.2) is 0 Å². The van der Waals surface area contributed by atoms with E-state index in [1.807, 2.05) is 13.8 Å².